The van der Waals surface area contributed by atoms with Crippen molar-refractivity contribution in [2.75, 3.05) is 39.3 Å². The number of rotatable bonds is 3. The zero-order valence-electron chi connectivity index (χ0n) is 14.9. The van der Waals surface area contributed by atoms with E-state index in [2.05, 4.69) is 10.6 Å². The average Bonchev–Trinajstić information content (AvgIpc) is 3.07. The molecule has 6 nitrogen and oxygen atoms in total. The summed E-state index contributed by atoms with van der Waals surface area (Å²) in [4.78, 5) is 25.9. The topological polar surface area (TPSA) is 70.7 Å². The van der Waals surface area contributed by atoms with Crippen LogP contribution in [0.3, 0.4) is 0 Å². The fraction of sp³-hybridized carbons (Fsp3) is 0.556. The highest BCUT2D eigenvalue weighted by atomic mass is 35.5. The second-order valence-corrected chi connectivity index (χ2v) is 7.05. The van der Waals surface area contributed by atoms with E-state index < -0.39 is 17.6 Å². The standard InChI is InChI=1S/C18H23ClFN3O3.ClH/c19-14-4-3-12(9-15(14)20)16-13(10-21-5-8-26-16)11-22-17(24)18(25)23-6-1-2-7-23;/h3-4,9,13,16,21H,1-2,5-8,10-11H2,(H,22,24);1H/t13-,16-;/m0./s1. The summed E-state index contributed by atoms with van der Waals surface area (Å²) in [7, 11) is 0. The largest absolute Gasteiger partial charge is 0.372 e. The van der Waals surface area contributed by atoms with Gasteiger partial charge in [-0.05, 0) is 30.5 Å². The lowest BCUT2D eigenvalue weighted by Crippen LogP contribution is -2.44. The zero-order chi connectivity index (χ0) is 18.5. The van der Waals surface area contributed by atoms with Crippen molar-refractivity contribution in [1.29, 1.82) is 0 Å². The Kier molecular flexibility index (Phi) is 8.28. The molecular formula is C18H24Cl2FN3O3. The van der Waals surface area contributed by atoms with Crippen LogP contribution >= 0.6 is 24.0 Å². The van der Waals surface area contributed by atoms with Gasteiger partial charge in [0.1, 0.15) is 5.82 Å². The summed E-state index contributed by atoms with van der Waals surface area (Å²) in [5.74, 6) is -1.72. The molecule has 2 saturated heterocycles. The van der Waals surface area contributed by atoms with E-state index in [-0.39, 0.29) is 36.0 Å². The smallest absolute Gasteiger partial charge is 0.311 e. The van der Waals surface area contributed by atoms with Gasteiger partial charge in [-0.3, -0.25) is 9.59 Å². The van der Waals surface area contributed by atoms with Gasteiger partial charge in [-0.1, -0.05) is 17.7 Å². The molecule has 0 aliphatic carbocycles. The van der Waals surface area contributed by atoms with Gasteiger partial charge in [0.15, 0.2) is 0 Å². The van der Waals surface area contributed by atoms with Gasteiger partial charge in [-0.2, -0.15) is 0 Å². The van der Waals surface area contributed by atoms with Gasteiger partial charge in [0.2, 0.25) is 0 Å². The van der Waals surface area contributed by atoms with Crippen LogP contribution in [0, 0.1) is 11.7 Å². The SMILES string of the molecule is Cl.O=C(NC[C@@H]1CNCCO[C@H]1c1ccc(Cl)c(F)c1)C(=O)N1CCCC1. The van der Waals surface area contributed by atoms with Crippen molar-refractivity contribution in [3.63, 3.8) is 0 Å². The zero-order valence-corrected chi connectivity index (χ0v) is 16.5. The first kappa shape index (κ1) is 21.9. The molecule has 0 spiro atoms. The molecule has 2 atom stereocenters. The van der Waals surface area contributed by atoms with Crippen molar-refractivity contribution in [2.45, 2.75) is 18.9 Å². The average molecular weight is 420 g/mol. The Morgan fingerprint density at radius 1 is 1.33 bits per heavy atom. The number of amides is 2. The van der Waals surface area contributed by atoms with Crippen LogP contribution in [0.5, 0.6) is 0 Å². The molecule has 3 rings (SSSR count). The highest BCUT2D eigenvalue weighted by molar-refractivity contribution is 6.35. The minimum Gasteiger partial charge on any atom is -0.372 e. The van der Waals surface area contributed by atoms with E-state index in [9.17, 15) is 14.0 Å². The molecule has 2 amide bonds. The van der Waals surface area contributed by atoms with Crippen LogP contribution in [0.2, 0.25) is 5.02 Å². The summed E-state index contributed by atoms with van der Waals surface area (Å²) in [5, 5.41) is 6.01. The Bertz CT molecular complexity index is 671. The Morgan fingerprint density at radius 3 is 2.78 bits per heavy atom. The number of carbonyl (C=O) groups excluding carboxylic acids is 2. The molecule has 150 valence electrons. The van der Waals surface area contributed by atoms with E-state index in [0.29, 0.717) is 38.3 Å². The van der Waals surface area contributed by atoms with Gasteiger partial charge < -0.3 is 20.3 Å². The second kappa shape index (κ2) is 10.2. The van der Waals surface area contributed by atoms with Crippen molar-refractivity contribution >= 4 is 35.8 Å². The molecule has 1 aromatic carbocycles. The maximum absolute atomic E-state index is 13.8. The lowest BCUT2D eigenvalue weighted by Gasteiger charge is -2.26. The van der Waals surface area contributed by atoms with Gasteiger partial charge in [0, 0.05) is 38.6 Å². The first-order valence-electron chi connectivity index (χ1n) is 8.90. The number of halogens is 3. The highest BCUT2D eigenvalue weighted by Crippen LogP contribution is 2.29. The fourth-order valence-electron chi connectivity index (χ4n) is 3.39. The molecule has 27 heavy (non-hydrogen) atoms. The Labute approximate surface area is 169 Å². The monoisotopic (exact) mass is 419 g/mol. The molecular weight excluding hydrogens is 396 g/mol. The molecule has 2 heterocycles. The number of carbonyl (C=O) groups is 2. The first-order chi connectivity index (χ1) is 12.6. The molecule has 2 aliphatic heterocycles. The fourth-order valence-corrected chi connectivity index (χ4v) is 3.51. The first-order valence-corrected chi connectivity index (χ1v) is 9.28. The quantitative estimate of drug-likeness (QED) is 0.734. The van der Waals surface area contributed by atoms with Gasteiger partial charge in [-0.15, -0.1) is 12.4 Å². The Hall–Kier alpha value is -1.41. The maximum atomic E-state index is 13.8. The maximum Gasteiger partial charge on any atom is 0.311 e. The number of nitrogens with zero attached hydrogens (tertiary/aromatic N) is 1. The van der Waals surface area contributed by atoms with E-state index in [4.69, 9.17) is 16.3 Å². The third-order valence-corrected chi connectivity index (χ3v) is 5.10. The van der Waals surface area contributed by atoms with Gasteiger partial charge in [0.25, 0.3) is 0 Å². The molecule has 2 aliphatic rings. The molecule has 1 aromatic rings. The van der Waals surface area contributed by atoms with Crippen LogP contribution in [0.15, 0.2) is 18.2 Å². The molecule has 0 radical (unpaired) electrons. The summed E-state index contributed by atoms with van der Waals surface area (Å²) >= 11 is 5.76. The van der Waals surface area contributed by atoms with E-state index >= 15 is 0 Å². The Morgan fingerprint density at radius 2 is 2.07 bits per heavy atom. The van der Waals surface area contributed by atoms with Crippen LogP contribution in [-0.4, -0.2) is 56.0 Å². The molecule has 0 bridgehead atoms. The van der Waals surface area contributed by atoms with E-state index in [1.165, 1.54) is 12.1 Å². The van der Waals surface area contributed by atoms with Crippen LogP contribution in [0.25, 0.3) is 0 Å². The number of hydrogen-bond donors (Lipinski definition) is 2. The number of ether oxygens (including phenoxy) is 1. The van der Waals surface area contributed by atoms with Crippen molar-refractivity contribution in [2.24, 2.45) is 5.92 Å². The summed E-state index contributed by atoms with van der Waals surface area (Å²) in [6.45, 7) is 3.27. The van der Waals surface area contributed by atoms with Gasteiger partial charge in [0.05, 0.1) is 17.7 Å². The third-order valence-electron chi connectivity index (χ3n) is 4.80. The molecule has 0 unspecified atom stereocenters. The van der Waals surface area contributed by atoms with Gasteiger partial charge in [-0.25, -0.2) is 4.39 Å². The van der Waals surface area contributed by atoms with Crippen molar-refractivity contribution in [3.05, 3.63) is 34.6 Å². The van der Waals surface area contributed by atoms with Crippen molar-refractivity contribution < 1.29 is 18.7 Å². The van der Waals surface area contributed by atoms with Crippen LogP contribution < -0.4 is 10.6 Å². The Balaban J connectivity index is 0.00000261. The number of hydrogen-bond acceptors (Lipinski definition) is 4. The van der Waals surface area contributed by atoms with E-state index in [1.807, 2.05) is 0 Å². The van der Waals surface area contributed by atoms with E-state index in [1.54, 1.807) is 11.0 Å². The number of likely N-dealkylation sites (tertiary alicyclic amines) is 1. The third kappa shape index (κ3) is 5.54. The predicted molar refractivity (Wildman–Crippen MR) is 103 cm³/mol. The number of benzene rings is 1. The normalized spacial score (nSPS) is 22.7. The lowest BCUT2D eigenvalue weighted by molar-refractivity contribution is -0.145. The van der Waals surface area contributed by atoms with Gasteiger partial charge >= 0.3 is 11.8 Å². The highest BCUT2D eigenvalue weighted by Gasteiger charge is 2.29. The summed E-state index contributed by atoms with van der Waals surface area (Å²) < 4.78 is 19.7. The predicted octanol–water partition coefficient (Wildman–Crippen LogP) is 1.92. The van der Waals surface area contributed by atoms with Crippen LogP contribution in [0.4, 0.5) is 4.39 Å². The van der Waals surface area contributed by atoms with E-state index in [0.717, 1.165) is 12.8 Å². The summed E-state index contributed by atoms with van der Waals surface area (Å²) in [6.07, 6.45) is 1.48. The van der Waals surface area contributed by atoms with Crippen molar-refractivity contribution in [1.82, 2.24) is 15.5 Å². The minimum atomic E-state index is -0.600. The molecule has 0 saturated carbocycles. The minimum absolute atomic E-state index is 0. The number of nitrogens with one attached hydrogen (secondary N) is 2. The molecule has 9 heteroatoms. The molecule has 2 N–H and O–H groups in total. The van der Waals surface area contributed by atoms with Crippen LogP contribution in [-0.2, 0) is 14.3 Å². The molecule has 2 fully saturated rings. The molecule has 0 aromatic heterocycles. The van der Waals surface area contributed by atoms with Crippen LogP contribution in [0.1, 0.15) is 24.5 Å². The second-order valence-electron chi connectivity index (χ2n) is 6.64. The summed E-state index contributed by atoms with van der Waals surface area (Å²) in [5.41, 5.74) is 0.667. The van der Waals surface area contributed by atoms with Crippen molar-refractivity contribution in [3.8, 4) is 0 Å². The summed E-state index contributed by atoms with van der Waals surface area (Å²) in [6, 6.07) is 4.59. The lowest BCUT2D eigenvalue weighted by atomic mass is 9.95.